The molecule has 0 fully saturated rings. The molecule has 1 N–H and O–H groups in total. The van der Waals surface area contributed by atoms with Gasteiger partial charge < -0.3 is 4.74 Å². The predicted octanol–water partition coefficient (Wildman–Crippen LogP) is 6.24. The summed E-state index contributed by atoms with van der Waals surface area (Å²) in [5, 5.41) is 4.99. The van der Waals surface area contributed by atoms with Crippen LogP contribution in [0.4, 0.5) is 0 Å². The molecule has 0 bridgehead atoms. The Hall–Kier alpha value is -4.77. The smallest absolute Gasteiger partial charge is 0.272 e. The minimum absolute atomic E-state index is 0.306. The maximum atomic E-state index is 13.1. The number of carbonyl (C=O) groups is 1. The Morgan fingerprint density at radius 2 is 1.51 bits per heavy atom. The Bertz CT molecular complexity index is 1480. The van der Waals surface area contributed by atoms with E-state index in [0.29, 0.717) is 17.9 Å². The van der Waals surface area contributed by atoms with Crippen molar-refractivity contribution in [3.63, 3.8) is 0 Å². The number of fused-ring (bicyclic) bond motifs is 1. The minimum Gasteiger partial charge on any atom is -0.488 e. The van der Waals surface area contributed by atoms with Crippen molar-refractivity contribution in [3.05, 3.63) is 132 Å². The van der Waals surface area contributed by atoms with Gasteiger partial charge in [-0.25, -0.2) is 10.4 Å². The highest BCUT2D eigenvalue weighted by Gasteiger charge is 2.13. The molecule has 0 aliphatic rings. The van der Waals surface area contributed by atoms with Gasteiger partial charge in [0, 0.05) is 16.5 Å². The van der Waals surface area contributed by atoms with Gasteiger partial charge in [-0.15, -0.1) is 0 Å². The standard InChI is InChI=1S/C30H23N3O2/c34-30(26-19-28(23-13-5-2-6-14-23)32-27-17-9-8-16-25(26)27)33-31-20-24-15-7-10-18-29(24)35-21-22-11-3-1-4-12-22/h1-20H,21H2,(H,33,34)/b31-20-. The van der Waals surface area contributed by atoms with Crippen LogP contribution in [0.3, 0.4) is 0 Å². The Morgan fingerprint density at radius 1 is 0.829 bits per heavy atom. The maximum Gasteiger partial charge on any atom is 0.272 e. The number of hydrogen-bond acceptors (Lipinski definition) is 4. The van der Waals surface area contributed by atoms with E-state index < -0.39 is 0 Å². The van der Waals surface area contributed by atoms with Crippen LogP contribution in [0.15, 0.2) is 120 Å². The summed E-state index contributed by atoms with van der Waals surface area (Å²) in [5.41, 5.74) is 7.46. The zero-order chi connectivity index (χ0) is 23.9. The largest absolute Gasteiger partial charge is 0.488 e. The van der Waals surface area contributed by atoms with E-state index in [1.807, 2.05) is 109 Å². The van der Waals surface area contributed by atoms with Crippen LogP contribution in [0.5, 0.6) is 5.75 Å². The molecule has 5 heteroatoms. The van der Waals surface area contributed by atoms with Crippen LogP contribution in [0, 0.1) is 0 Å². The average molecular weight is 458 g/mol. The lowest BCUT2D eigenvalue weighted by Gasteiger charge is -2.10. The lowest BCUT2D eigenvalue weighted by molar-refractivity contribution is 0.0956. The van der Waals surface area contributed by atoms with Crippen molar-refractivity contribution in [2.75, 3.05) is 0 Å². The third kappa shape index (κ3) is 5.25. The first kappa shape index (κ1) is 22.0. The van der Waals surface area contributed by atoms with E-state index in [1.165, 1.54) is 0 Å². The Morgan fingerprint density at radius 3 is 2.34 bits per heavy atom. The average Bonchev–Trinajstić information content (AvgIpc) is 2.93. The maximum absolute atomic E-state index is 13.1. The molecule has 1 heterocycles. The SMILES string of the molecule is O=C(N/N=C\c1ccccc1OCc1ccccc1)c1cc(-c2ccccc2)nc2ccccc12. The molecule has 5 nitrogen and oxygen atoms in total. The molecule has 5 rings (SSSR count). The van der Waals surface area contributed by atoms with E-state index in [-0.39, 0.29) is 5.91 Å². The highest BCUT2D eigenvalue weighted by atomic mass is 16.5. The van der Waals surface area contributed by atoms with Gasteiger partial charge >= 0.3 is 0 Å². The van der Waals surface area contributed by atoms with Gasteiger partial charge in [-0.3, -0.25) is 4.79 Å². The van der Waals surface area contributed by atoms with Crippen LogP contribution in [0.25, 0.3) is 22.2 Å². The first-order chi connectivity index (χ1) is 17.3. The van der Waals surface area contributed by atoms with Gasteiger partial charge in [0.15, 0.2) is 0 Å². The molecule has 0 saturated carbocycles. The van der Waals surface area contributed by atoms with E-state index in [2.05, 4.69) is 10.5 Å². The summed E-state index contributed by atoms with van der Waals surface area (Å²) in [6, 6.07) is 36.8. The number of ether oxygens (including phenoxy) is 1. The molecular formula is C30H23N3O2. The molecule has 1 aromatic heterocycles. The van der Waals surface area contributed by atoms with Crippen molar-refractivity contribution >= 4 is 23.0 Å². The monoisotopic (exact) mass is 457 g/mol. The number of amides is 1. The van der Waals surface area contributed by atoms with E-state index in [4.69, 9.17) is 9.72 Å². The number of nitrogens with zero attached hydrogens (tertiary/aromatic N) is 2. The zero-order valence-electron chi connectivity index (χ0n) is 19.0. The predicted molar refractivity (Wildman–Crippen MR) is 139 cm³/mol. The van der Waals surface area contributed by atoms with Crippen LogP contribution >= 0.6 is 0 Å². The van der Waals surface area contributed by atoms with Crippen molar-refractivity contribution in [1.82, 2.24) is 10.4 Å². The van der Waals surface area contributed by atoms with Crippen LogP contribution < -0.4 is 10.2 Å². The van der Waals surface area contributed by atoms with Gasteiger partial charge in [0.2, 0.25) is 0 Å². The van der Waals surface area contributed by atoms with Gasteiger partial charge in [0.1, 0.15) is 12.4 Å². The first-order valence-electron chi connectivity index (χ1n) is 11.3. The number of rotatable bonds is 7. The number of carbonyl (C=O) groups excluding carboxylic acids is 1. The van der Waals surface area contributed by atoms with E-state index in [0.717, 1.165) is 33.3 Å². The highest BCUT2D eigenvalue weighted by molar-refractivity contribution is 6.07. The van der Waals surface area contributed by atoms with Crippen molar-refractivity contribution in [2.24, 2.45) is 5.10 Å². The number of para-hydroxylation sites is 2. The first-order valence-corrected chi connectivity index (χ1v) is 11.3. The van der Waals surface area contributed by atoms with Crippen LogP contribution in [0.2, 0.25) is 0 Å². The second kappa shape index (κ2) is 10.4. The molecule has 0 spiro atoms. The quantitative estimate of drug-likeness (QED) is 0.232. The van der Waals surface area contributed by atoms with Crippen LogP contribution in [0.1, 0.15) is 21.5 Å². The second-order valence-corrected chi connectivity index (χ2v) is 7.95. The summed E-state index contributed by atoms with van der Waals surface area (Å²) in [6.45, 7) is 0.448. The number of nitrogens with one attached hydrogen (secondary N) is 1. The van der Waals surface area contributed by atoms with Crippen LogP contribution in [-0.4, -0.2) is 17.1 Å². The molecule has 170 valence electrons. The van der Waals surface area contributed by atoms with Crippen molar-refractivity contribution < 1.29 is 9.53 Å². The van der Waals surface area contributed by atoms with E-state index >= 15 is 0 Å². The van der Waals surface area contributed by atoms with E-state index in [9.17, 15) is 4.79 Å². The molecule has 35 heavy (non-hydrogen) atoms. The molecule has 4 aromatic carbocycles. The third-order valence-electron chi connectivity index (χ3n) is 5.56. The van der Waals surface area contributed by atoms with E-state index in [1.54, 1.807) is 12.3 Å². The molecule has 0 saturated heterocycles. The van der Waals surface area contributed by atoms with Gasteiger partial charge in [0.05, 0.1) is 23.0 Å². The van der Waals surface area contributed by atoms with Gasteiger partial charge in [-0.1, -0.05) is 91.0 Å². The molecule has 0 aliphatic carbocycles. The summed E-state index contributed by atoms with van der Waals surface area (Å²) in [4.78, 5) is 17.9. The summed E-state index contributed by atoms with van der Waals surface area (Å²) >= 11 is 0. The Labute approximate surface area is 203 Å². The molecule has 0 unspecified atom stereocenters. The second-order valence-electron chi connectivity index (χ2n) is 7.95. The summed E-state index contributed by atoms with van der Waals surface area (Å²) in [6.07, 6.45) is 1.60. The highest BCUT2D eigenvalue weighted by Crippen LogP contribution is 2.25. The fraction of sp³-hybridized carbons (Fsp3) is 0.0333. The zero-order valence-corrected chi connectivity index (χ0v) is 19.0. The van der Waals surface area contributed by atoms with Crippen molar-refractivity contribution in [2.45, 2.75) is 6.61 Å². The number of aromatic nitrogens is 1. The van der Waals surface area contributed by atoms with Crippen LogP contribution in [-0.2, 0) is 6.61 Å². The fourth-order valence-electron chi connectivity index (χ4n) is 3.79. The number of hydrazone groups is 1. The Kier molecular flexibility index (Phi) is 6.58. The van der Waals surface area contributed by atoms with Crippen molar-refractivity contribution in [3.8, 4) is 17.0 Å². The van der Waals surface area contributed by atoms with Gasteiger partial charge in [-0.2, -0.15) is 5.10 Å². The number of pyridine rings is 1. The third-order valence-corrected chi connectivity index (χ3v) is 5.56. The van der Waals surface area contributed by atoms with Crippen molar-refractivity contribution in [1.29, 1.82) is 0 Å². The molecular weight excluding hydrogens is 434 g/mol. The fourth-order valence-corrected chi connectivity index (χ4v) is 3.79. The molecule has 0 radical (unpaired) electrons. The number of benzene rings is 4. The summed E-state index contributed by atoms with van der Waals surface area (Å²) in [5.74, 6) is 0.384. The molecule has 0 aliphatic heterocycles. The lowest BCUT2D eigenvalue weighted by atomic mass is 10.0. The number of hydrogen-bond donors (Lipinski definition) is 1. The molecule has 1 amide bonds. The Balaban J connectivity index is 1.36. The lowest BCUT2D eigenvalue weighted by Crippen LogP contribution is -2.18. The topological polar surface area (TPSA) is 63.6 Å². The summed E-state index contributed by atoms with van der Waals surface area (Å²) in [7, 11) is 0. The molecule has 0 atom stereocenters. The normalized spacial score (nSPS) is 11.0. The van der Waals surface area contributed by atoms with Gasteiger partial charge in [0.25, 0.3) is 5.91 Å². The minimum atomic E-state index is -0.306. The van der Waals surface area contributed by atoms with Gasteiger partial charge in [-0.05, 0) is 29.8 Å². The molecule has 5 aromatic rings. The summed E-state index contributed by atoms with van der Waals surface area (Å²) < 4.78 is 5.98.